The van der Waals surface area contributed by atoms with Crippen molar-refractivity contribution < 1.29 is 19.2 Å². The number of carbonyl (C=O) groups is 2. The summed E-state index contributed by atoms with van der Waals surface area (Å²) in [6.07, 6.45) is 1.69. The maximum Gasteiger partial charge on any atom is 0.271 e. The van der Waals surface area contributed by atoms with Crippen molar-refractivity contribution in [3.63, 3.8) is 0 Å². The number of benzene rings is 3. The first-order chi connectivity index (χ1) is 19.2. The highest BCUT2D eigenvalue weighted by Gasteiger charge is 2.33. The van der Waals surface area contributed by atoms with Gasteiger partial charge in [-0.1, -0.05) is 41.6 Å². The molecule has 0 spiro atoms. The van der Waals surface area contributed by atoms with Gasteiger partial charge in [-0.2, -0.15) is 0 Å². The molecule has 0 saturated carbocycles. The van der Waals surface area contributed by atoms with Gasteiger partial charge in [-0.25, -0.2) is 0 Å². The molecule has 4 rings (SSSR count). The van der Waals surface area contributed by atoms with E-state index >= 15 is 0 Å². The quantitative estimate of drug-likeness (QED) is 0.122. The van der Waals surface area contributed by atoms with Crippen molar-refractivity contribution in [2.75, 3.05) is 34.8 Å². The molecule has 12 heteroatoms. The summed E-state index contributed by atoms with van der Waals surface area (Å²) in [6.45, 7) is 5.25. The molecule has 206 valence electrons. The molecule has 1 N–H and O–H groups in total. The molecule has 1 aliphatic rings. The molecule has 40 heavy (non-hydrogen) atoms. The lowest BCUT2D eigenvalue weighted by Crippen LogP contribution is -2.27. The number of nitrogens with one attached hydrogen (secondary N) is 1. The lowest BCUT2D eigenvalue weighted by Gasteiger charge is -2.22. The molecule has 1 aliphatic heterocycles. The van der Waals surface area contributed by atoms with Crippen LogP contribution in [0, 0.1) is 10.1 Å². The Labute approximate surface area is 245 Å². The molecular formula is C28H25ClN4O5S2. The van der Waals surface area contributed by atoms with Gasteiger partial charge in [0, 0.05) is 53.2 Å². The van der Waals surface area contributed by atoms with Gasteiger partial charge in [-0.3, -0.25) is 24.6 Å². The van der Waals surface area contributed by atoms with Crippen LogP contribution in [0.1, 0.15) is 19.4 Å². The maximum atomic E-state index is 13.3. The number of thioether (sulfide) groups is 1. The van der Waals surface area contributed by atoms with Crippen LogP contribution in [0.25, 0.3) is 6.08 Å². The first-order valence-electron chi connectivity index (χ1n) is 12.3. The number of rotatable bonds is 10. The van der Waals surface area contributed by atoms with Crippen LogP contribution < -0.4 is 19.9 Å². The molecule has 0 unspecified atom stereocenters. The summed E-state index contributed by atoms with van der Waals surface area (Å²) >= 11 is 12.6. The smallest absolute Gasteiger partial charge is 0.271 e. The Bertz CT molecular complexity index is 1490. The van der Waals surface area contributed by atoms with Gasteiger partial charge in [-0.05, 0) is 62.4 Å². The van der Waals surface area contributed by atoms with Crippen LogP contribution in [0.15, 0.2) is 71.6 Å². The molecule has 0 radical (unpaired) electrons. The number of thiocarbonyl (C=S) groups is 1. The maximum absolute atomic E-state index is 13.3. The molecule has 0 aromatic heterocycles. The number of amides is 2. The molecule has 3 aromatic carbocycles. The largest absolute Gasteiger partial charge is 0.483 e. The third kappa shape index (κ3) is 6.79. The van der Waals surface area contributed by atoms with Gasteiger partial charge >= 0.3 is 0 Å². The van der Waals surface area contributed by atoms with Crippen molar-refractivity contribution in [3.05, 3.63) is 92.3 Å². The number of ether oxygens (including phenoxy) is 1. The van der Waals surface area contributed by atoms with Crippen molar-refractivity contribution in [3.8, 4) is 5.75 Å². The van der Waals surface area contributed by atoms with Crippen LogP contribution in [-0.4, -0.2) is 40.8 Å². The third-order valence-corrected chi connectivity index (χ3v) is 7.54. The lowest BCUT2D eigenvalue weighted by atomic mass is 10.1. The first-order valence-corrected chi connectivity index (χ1v) is 13.9. The second kappa shape index (κ2) is 12.9. The molecule has 3 aromatic rings. The van der Waals surface area contributed by atoms with E-state index in [9.17, 15) is 19.7 Å². The Hall–Kier alpha value is -3.93. The van der Waals surface area contributed by atoms with E-state index in [4.69, 9.17) is 28.6 Å². The van der Waals surface area contributed by atoms with E-state index in [0.29, 0.717) is 31.2 Å². The third-order valence-electron chi connectivity index (χ3n) is 5.99. The topological polar surface area (TPSA) is 105 Å². The minimum Gasteiger partial charge on any atom is -0.483 e. The van der Waals surface area contributed by atoms with Gasteiger partial charge in [0.05, 0.1) is 15.5 Å². The number of non-ortho nitro benzene ring substituents is 1. The van der Waals surface area contributed by atoms with Gasteiger partial charge in [0.15, 0.2) is 10.9 Å². The Balaban J connectivity index is 1.58. The van der Waals surface area contributed by atoms with E-state index in [1.165, 1.54) is 34.9 Å². The van der Waals surface area contributed by atoms with Crippen molar-refractivity contribution in [2.24, 2.45) is 0 Å². The number of hydrogen-bond donors (Lipinski definition) is 1. The zero-order valence-corrected chi connectivity index (χ0v) is 24.0. The number of nitrogens with zero attached hydrogens (tertiary/aromatic N) is 3. The number of anilines is 3. The fourth-order valence-corrected chi connectivity index (χ4v) is 5.43. The number of nitro benzene ring substituents is 1. The van der Waals surface area contributed by atoms with Gasteiger partial charge in [0.25, 0.3) is 17.5 Å². The zero-order chi connectivity index (χ0) is 28.8. The second-order valence-corrected chi connectivity index (χ2v) is 10.6. The highest BCUT2D eigenvalue weighted by Crippen LogP contribution is 2.38. The Morgan fingerprint density at radius 3 is 2.55 bits per heavy atom. The Kier molecular flexibility index (Phi) is 9.41. The highest BCUT2D eigenvalue weighted by atomic mass is 35.5. The summed E-state index contributed by atoms with van der Waals surface area (Å²) in [6, 6.07) is 18.1. The zero-order valence-electron chi connectivity index (χ0n) is 21.6. The molecule has 1 fully saturated rings. The van der Waals surface area contributed by atoms with Crippen LogP contribution in [0.5, 0.6) is 5.75 Å². The standard InChI is InChI=1S/C28H25ClN4O5S2/c1-3-31(4-2)22-11-8-18(14-25-27(35)32(28(39)40-25)21-12-9-19(29)10-13-21)24(16-22)38-17-26(34)30-20-6-5-7-23(15-20)33(36)37/h5-16H,3-4,17H2,1-2H3,(H,30,34)/b25-14-. The van der Waals surface area contributed by atoms with Gasteiger partial charge in [0.1, 0.15) is 5.75 Å². The van der Waals surface area contributed by atoms with E-state index in [2.05, 4.69) is 10.2 Å². The van der Waals surface area contributed by atoms with Gasteiger partial charge in [0.2, 0.25) is 0 Å². The number of nitro groups is 1. The SMILES string of the molecule is CCN(CC)c1ccc(/C=C2\SC(=S)N(c3ccc(Cl)cc3)C2=O)c(OCC(=O)Nc2cccc([N+](=O)[O-])c2)c1. The molecule has 1 heterocycles. The fourth-order valence-electron chi connectivity index (χ4n) is 4.01. The molecule has 2 amide bonds. The predicted octanol–water partition coefficient (Wildman–Crippen LogP) is 6.52. The minimum atomic E-state index is -0.535. The predicted molar refractivity (Wildman–Crippen MR) is 164 cm³/mol. The van der Waals surface area contributed by atoms with Crippen LogP contribution in [0.2, 0.25) is 5.02 Å². The average Bonchev–Trinajstić information content (AvgIpc) is 3.22. The summed E-state index contributed by atoms with van der Waals surface area (Å²) in [5.74, 6) is -0.372. The van der Waals surface area contributed by atoms with E-state index < -0.39 is 10.8 Å². The monoisotopic (exact) mass is 596 g/mol. The summed E-state index contributed by atoms with van der Waals surface area (Å²) in [7, 11) is 0. The lowest BCUT2D eigenvalue weighted by molar-refractivity contribution is -0.384. The summed E-state index contributed by atoms with van der Waals surface area (Å²) in [4.78, 5) is 40.4. The minimum absolute atomic E-state index is 0.135. The molecule has 0 aliphatic carbocycles. The number of hydrogen-bond acceptors (Lipinski definition) is 8. The number of carbonyl (C=O) groups excluding carboxylic acids is 2. The Morgan fingerprint density at radius 1 is 1.15 bits per heavy atom. The van der Waals surface area contributed by atoms with Crippen LogP contribution in [0.3, 0.4) is 0 Å². The fraction of sp³-hybridized carbons (Fsp3) is 0.179. The van der Waals surface area contributed by atoms with E-state index in [1.54, 1.807) is 36.4 Å². The first kappa shape index (κ1) is 29.1. The van der Waals surface area contributed by atoms with Gasteiger partial charge in [-0.15, -0.1) is 0 Å². The van der Waals surface area contributed by atoms with Crippen LogP contribution >= 0.6 is 35.6 Å². The highest BCUT2D eigenvalue weighted by molar-refractivity contribution is 8.27. The Morgan fingerprint density at radius 2 is 1.88 bits per heavy atom. The summed E-state index contributed by atoms with van der Waals surface area (Å²) < 4.78 is 6.31. The second-order valence-electron chi connectivity index (χ2n) is 8.53. The van der Waals surface area contributed by atoms with Gasteiger partial charge < -0.3 is 15.0 Å². The summed E-state index contributed by atoms with van der Waals surface area (Å²) in [5, 5.41) is 14.2. The van der Waals surface area contributed by atoms with Crippen LogP contribution in [0.4, 0.5) is 22.7 Å². The average molecular weight is 597 g/mol. The van der Waals surface area contributed by atoms with E-state index in [1.807, 2.05) is 32.0 Å². The van der Waals surface area contributed by atoms with E-state index in [-0.39, 0.29) is 23.9 Å². The number of halogens is 1. The van der Waals surface area contributed by atoms with Crippen LogP contribution in [-0.2, 0) is 9.59 Å². The molecular weight excluding hydrogens is 572 g/mol. The molecule has 9 nitrogen and oxygen atoms in total. The molecule has 0 bridgehead atoms. The molecule has 0 atom stereocenters. The normalized spacial score (nSPS) is 14.0. The van der Waals surface area contributed by atoms with Crippen molar-refractivity contribution in [1.29, 1.82) is 0 Å². The van der Waals surface area contributed by atoms with Crippen molar-refractivity contribution >= 4 is 80.5 Å². The van der Waals surface area contributed by atoms with Crippen molar-refractivity contribution in [1.82, 2.24) is 0 Å². The van der Waals surface area contributed by atoms with E-state index in [0.717, 1.165) is 18.8 Å². The summed E-state index contributed by atoms with van der Waals surface area (Å²) in [5.41, 5.74) is 2.25. The van der Waals surface area contributed by atoms with Crippen molar-refractivity contribution in [2.45, 2.75) is 13.8 Å². The molecule has 1 saturated heterocycles.